The lowest BCUT2D eigenvalue weighted by molar-refractivity contribution is 1.22. The summed E-state index contributed by atoms with van der Waals surface area (Å²) in [6, 6.07) is 18.5. The van der Waals surface area contributed by atoms with Crippen molar-refractivity contribution in [3.05, 3.63) is 60.2 Å². The Bertz CT molecular complexity index is 782. The van der Waals surface area contributed by atoms with E-state index >= 15 is 0 Å². The molecule has 0 aliphatic rings. The van der Waals surface area contributed by atoms with Crippen molar-refractivity contribution in [3.63, 3.8) is 0 Å². The number of rotatable bonds is 2. The average Bonchev–Trinajstić information content (AvgIpc) is 2.46. The van der Waals surface area contributed by atoms with Crippen molar-refractivity contribution in [2.45, 2.75) is 0 Å². The van der Waals surface area contributed by atoms with Gasteiger partial charge < -0.3 is 11.5 Å². The summed E-state index contributed by atoms with van der Waals surface area (Å²) >= 11 is 0. The molecule has 0 aliphatic carbocycles. The average molecular weight is 299 g/mol. The van der Waals surface area contributed by atoms with Gasteiger partial charge in [-0.3, -0.25) is 0 Å². The molecule has 0 bridgehead atoms. The third kappa shape index (κ3) is 2.95. The fraction of sp³-hybridized carbons (Fsp3) is 0. The topological polar surface area (TPSA) is 76.8 Å². The molecular weight excluding hydrogens is 284 g/mol. The van der Waals surface area contributed by atoms with Gasteiger partial charge in [-0.2, -0.15) is 5.10 Å². The molecule has 4 N–H and O–H groups in total. The number of fused-ring (bicyclic) bond motifs is 2. The molecule has 0 heterocycles. The Morgan fingerprint density at radius 2 is 1.38 bits per heavy atom. The molecule has 0 radical (unpaired) electrons. The Balaban J connectivity index is 0.00000161. The highest BCUT2D eigenvalue weighted by Crippen LogP contribution is 2.27. The second-order valence-electron chi connectivity index (χ2n) is 4.50. The lowest BCUT2D eigenvalue weighted by Gasteiger charge is -2.07. The Labute approximate surface area is 128 Å². The molecule has 4 nitrogen and oxygen atoms in total. The maximum atomic E-state index is 5.30. The van der Waals surface area contributed by atoms with E-state index in [4.69, 9.17) is 11.5 Å². The summed E-state index contributed by atoms with van der Waals surface area (Å²) in [5.41, 5.74) is 11.6. The number of hydrogen-bond donors (Lipinski definition) is 2. The maximum absolute atomic E-state index is 5.30. The van der Waals surface area contributed by atoms with Crippen molar-refractivity contribution < 1.29 is 0 Å². The second kappa shape index (κ2) is 6.24. The molecule has 3 aromatic rings. The van der Waals surface area contributed by atoms with Crippen LogP contribution in [0.4, 0.5) is 0 Å². The number of benzene rings is 3. The number of halogens is 1. The van der Waals surface area contributed by atoms with Crippen LogP contribution in [-0.2, 0) is 0 Å². The van der Waals surface area contributed by atoms with Crippen LogP contribution in [0.1, 0.15) is 5.56 Å². The van der Waals surface area contributed by atoms with Crippen molar-refractivity contribution in [3.8, 4) is 0 Å². The van der Waals surface area contributed by atoms with Crippen LogP contribution in [0, 0.1) is 0 Å². The standard InChI is InChI=1S/C16H14N4.ClH/c17-16(18)20-19-10-15-13-7-3-1-5-11(13)9-12-6-2-4-8-14(12)15;/h1-10H,(H4,17,18,20);1H. The van der Waals surface area contributed by atoms with E-state index in [0.29, 0.717) is 0 Å². The third-order valence-electron chi connectivity index (χ3n) is 3.17. The highest BCUT2D eigenvalue weighted by molar-refractivity contribution is 6.13. The van der Waals surface area contributed by atoms with Crippen molar-refractivity contribution in [2.24, 2.45) is 21.7 Å². The first-order valence-electron chi connectivity index (χ1n) is 6.28. The number of guanidine groups is 1. The molecule has 0 aromatic heterocycles. The molecule has 5 heteroatoms. The van der Waals surface area contributed by atoms with Gasteiger partial charge in [0.15, 0.2) is 0 Å². The van der Waals surface area contributed by atoms with E-state index in [1.807, 2.05) is 24.3 Å². The lowest BCUT2D eigenvalue weighted by Crippen LogP contribution is -2.21. The summed E-state index contributed by atoms with van der Waals surface area (Å²) in [5, 5.41) is 12.2. The van der Waals surface area contributed by atoms with Crippen molar-refractivity contribution in [2.75, 3.05) is 0 Å². The van der Waals surface area contributed by atoms with Crippen LogP contribution in [0.15, 0.2) is 64.8 Å². The van der Waals surface area contributed by atoms with E-state index in [9.17, 15) is 0 Å². The van der Waals surface area contributed by atoms with Crippen molar-refractivity contribution in [1.82, 2.24) is 0 Å². The van der Waals surface area contributed by atoms with Crippen LogP contribution >= 0.6 is 12.4 Å². The first kappa shape index (κ1) is 14.8. The molecule has 3 aromatic carbocycles. The van der Waals surface area contributed by atoms with E-state index in [1.165, 1.54) is 0 Å². The minimum atomic E-state index is -0.0502. The number of hydrogen-bond acceptors (Lipinski definition) is 2. The Morgan fingerprint density at radius 3 is 1.90 bits per heavy atom. The van der Waals surface area contributed by atoms with Crippen LogP contribution in [-0.4, -0.2) is 12.2 Å². The fourth-order valence-electron chi connectivity index (χ4n) is 2.34. The van der Waals surface area contributed by atoms with E-state index in [2.05, 4.69) is 40.5 Å². The molecule has 21 heavy (non-hydrogen) atoms. The van der Waals surface area contributed by atoms with Gasteiger partial charge in [-0.15, -0.1) is 17.5 Å². The Kier molecular flexibility index (Phi) is 4.40. The second-order valence-corrected chi connectivity index (χ2v) is 4.50. The van der Waals surface area contributed by atoms with Crippen LogP contribution in [0.5, 0.6) is 0 Å². The van der Waals surface area contributed by atoms with Gasteiger partial charge >= 0.3 is 0 Å². The normalized spacial score (nSPS) is 10.7. The van der Waals surface area contributed by atoms with Gasteiger partial charge in [0, 0.05) is 5.56 Å². The molecule has 106 valence electrons. The van der Waals surface area contributed by atoms with Crippen LogP contribution in [0.25, 0.3) is 21.5 Å². The van der Waals surface area contributed by atoms with E-state index in [-0.39, 0.29) is 18.4 Å². The van der Waals surface area contributed by atoms with Crippen LogP contribution in [0.3, 0.4) is 0 Å². The quantitative estimate of drug-likeness (QED) is 0.330. The predicted molar refractivity (Wildman–Crippen MR) is 92.1 cm³/mol. The van der Waals surface area contributed by atoms with Gasteiger partial charge in [-0.1, -0.05) is 48.5 Å². The predicted octanol–water partition coefficient (Wildman–Crippen LogP) is 3.02. The molecule has 0 spiro atoms. The minimum Gasteiger partial charge on any atom is -0.369 e. The van der Waals surface area contributed by atoms with E-state index in [0.717, 1.165) is 27.1 Å². The summed E-state index contributed by atoms with van der Waals surface area (Å²) in [6.45, 7) is 0. The lowest BCUT2D eigenvalue weighted by atomic mass is 9.97. The molecule has 0 saturated heterocycles. The molecule has 0 fully saturated rings. The molecule has 0 atom stereocenters. The zero-order chi connectivity index (χ0) is 13.9. The van der Waals surface area contributed by atoms with Crippen LogP contribution in [0.2, 0.25) is 0 Å². The largest absolute Gasteiger partial charge is 0.369 e. The van der Waals surface area contributed by atoms with Gasteiger partial charge in [-0.05, 0) is 27.6 Å². The first-order chi connectivity index (χ1) is 9.75. The van der Waals surface area contributed by atoms with Crippen molar-refractivity contribution >= 4 is 46.1 Å². The zero-order valence-electron chi connectivity index (χ0n) is 11.2. The van der Waals surface area contributed by atoms with Gasteiger partial charge in [0.05, 0.1) is 6.21 Å². The molecule has 0 saturated carbocycles. The Hall–Kier alpha value is -2.59. The molecule has 0 unspecified atom stereocenters. The molecule has 0 aliphatic heterocycles. The highest BCUT2D eigenvalue weighted by atomic mass is 35.5. The smallest absolute Gasteiger partial charge is 0.211 e. The summed E-state index contributed by atoms with van der Waals surface area (Å²) in [4.78, 5) is 0. The summed E-state index contributed by atoms with van der Waals surface area (Å²) in [7, 11) is 0. The van der Waals surface area contributed by atoms with Gasteiger partial charge in [0.1, 0.15) is 0 Å². The van der Waals surface area contributed by atoms with E-state index in [1.54, 1.807) is 6.21 Å². The van der Waals surface area contributed by atoms with Gasteiger partial charge in [-0.25, -0.2) is 0 Å². The monoisotopic (exact) mass is 298 g/mol. The molecular formula is C16H15ClN4. The zero-order valence-corrected chi connectivity index (χ0v) is 12.0. The molecule has 0 amide bonds. The van der Waals surface area contributed by atoms with Crippen molar-refractivity contribution in [1.29, 1.82) is 0 Å². The number of nitrogens with two attached hydrogens (primary N) is 2. The highest BCUT2D eigenvalue weighted by Gasteiger charge is 2.04. The summed E-state index contributed by atoms with van der Waals surface area (Å²) < 4.78 is 0. The first-order valence-corrected chi connectivity index (χ1v) is 6.28. The van der Waals surface area contributed by atoms with Gasteiger partial charge in [0.2, 0.25) is 5.96 Å². The van der Waals surface area contributed by atoms with Gasteiger partial charge in [0.25, 0.3) is 0 Å². The fourth-order valence-corrected chi connectivity index (χ4v) is 2.34. The molecule has 3 rings (SSSR count). The number of nitrogens with zero attached hydrogens (tertiary/aromatic N) is 2. The summed E-state index contributed by atoms with van der Waals surface area (Å²) in [5.74, 6) is -0.0502. The maximum Gasteiger partial charge on any atom is 0.211 e. The van der Waals surface area contributed by atoms with Crippen LogP contribution < -0.4 is 11.5 Å². The minimum absolute atomic E-state index is 0. The van der Waals surface area contributed by atoms with E-state index < -0.39 is 0 Å². The summed E-state index contributed by atoms with van der Waals surface area (Å²) in [6.07, 6.45) is 1.70. The third-order valence-corrected chi connectivity index (χ3v) is 3.17. The Morgan fingerprint density at radius 1 is 0.857 bits per heavy atom. The SMILES string of the molecule is Cl.NC(N)=NN=Cc1c2ccccc2cc2ccccc12.